The first kappa shape index (κ1) is 16.5. The van der Waals surface area contributed by atoms with E-state index in [-0.39, 0.29) is 0 Å². The van der Waals surface area contributed by atoms with Crippen LogP contribution in [0.1, 0.15) is 33.6 Å². The molecule has 0 aliphatic rings. The second kappa shape index (κ2) is 10.6. The van der Waals surface area contributed by atoms with Crippen LogP contribution in [0.4, 0.5) is 0 Å². The van der Waals surface area contributed by atoms with Gasteiger partial charge < -0.3 is 14.4 Å². The van der Waals surface area contributed by atoms with Crippen LogP contribution in [0.2, 0.25) is 0 Å². The quantitative estimate of drug-likeness (QED) is 0.521. The zero-order valence-electron chi connectivity index (χ0n) is 12.0. The highest BCUT2D eigenvalue weighted by Gasteiger charge is 1.97. The van der Waals surface area contributed by atoms with Crippen LogP contribution < -0.4 is 0 Å². The van der Waals surface area contributed by atoms with E-state index in [9.17, 15) is 0 Å². The molecule has 0 fully saturated rings. The monoisotopic (exact) mass is 243 g/mol. The van der Waals surface area contributed by atoms with Crippen molar-refractivity contribution in [1.29, 1.82) is 0 Å². The summed E-state index contributed by atoms with van der Waals surface area (Å²) in [6.45, 7) is 14.2. The SMILES string of the molecule is C=C(C)N(C)CCOCCOCCCC(C)C. The molecule has 0 aromatic carbocycles. The number of hydrogen-bond acceptors (Lipinski definition) is 3. The van der Waals surface area contributed by atoms with E-state index in [0.717, 1.165) is 37.8 Å². The van der Waals surface area contributed by atoms with E-state index in [4.69, 9.17) is 9.47 Å². The van der Waals surface area contributed by atoms with Crippen LogP contribution in [0, 0.1) is 5.92 Å². The molecule has 102 valence electrons. The average Bonchev–Trinajstić information content (AvgIpc) is 2.25. The smallest absolute Gasteiger partial charge is 0.0701 e. The average molecular weight is 243 g/mol. The van der Waals surface area contributed by atoms with Gasteiger partial charge in [0.15, 0.2) is 0 Å². The minimum atomic E-state index is 0.686. The molecule has 0 heterocycles. The van der Waals surface area contributed by atoms with Gasteiger partial charge >= 0.3 is 0 Å². The van der Waals surface area contributed by atoms with Gasteiger partial charge in [-0.15, -0.1) is 0 Å². The highest BCUT2D eigenvalue weighted by Crippen LogP contribution is 2.02. The Kier molecular flexibility index (Phi) is 10.3. The van der Waals surface area contributed by atoms with Crippen molar-refractivity contribution in [3.05, 3.63) is 12.3 Å². The summed E-state index contributed by atoms with van der Waals surface area (Å²) in [7, 11) is 2.02. The van der Waals surface area contributed by atoms with Gasteiger partial charge in [-0.2, -0.15) is 0 Å². The van der Waals surface area contributed by atoms with Gasteiger partial charge in [0.2, 0.25) is 0 Å². The zero-order valence-corrected chi connectivity index (χ0v) is 12.0. The summed E-state index contributed by atoms with van der Waals surface area (Å²) in [6, 6.07) is 0. The van der Waals surface area contributed by atoms with Gasteiger partial charge in [0.1, 0.15) is 0 Å². The molecule has 3 nitrogen and oxygen atoms in total. The first-order valence-corrected chi connectivity index (χ1v) is 6.56. The van der Waals surface area contributed by atoms with Crippen molar-refractivity contribution in [3.63, 3.8) is 0 Å². The second-order valence-electron chi connectivity index (χ2n) is 4.92. The Hall–Kier alpha value is -0.540. The zero-order chi connectivity index (χ0) is 13.1. The van der Waals surface area contributed by atoms with Crippen molar-refractivity contribution in [2.45, 2.75) is 33.6 Å². The van der Waals surface area contributed by atoms with E-state index in [1.54, 1.807) is 0 Å². The third-order valence-corrected chi connectivity index (χ3v) is 2.66. The molecule has 0 aliphatic carbocycles. The summed E-state index contributed by atoms with van der Waals surface area (Å²) in [5.41, 5.74) is 1.07. The maximum absolute atomic E-state index is 5.48. The van der Waals surface area contributed by atoms with Crippen LogP contribution in [-0.2, 0) is 9.47 Å². The topological polar surface area (TPSA) is 21.7 Å². The van der Waals surface area contributed by atoms with Crippen molar-refractivity contribution in [1.82, 2.24) is 4.90 Å². The molecule has 0 aromatic rings. The lowest BCUT2D eigenvalue weighted by molar-refractivity contribution is 0.0413. The Labute approximate surface area is 107 Å². The third kappa shape index (κ3) is 11.7. The highest BCUT2D eigenvalue weighted by molar-refractivity contribution is 4.85. The second-order valence-corrected chi connectivity index (χ2v) is 4.92. The van der Waals surface area contributed by atoms with E-state index >= 15 is 0 Å². The molecule has 0 unspecified atom stereocenters. The first-order valence-electron chi connectivity index (χ1n) is 6.56. The van der Waals surface area contributed by atoms with Gasteiger partial charge in [-0.25, -0.2) is 0 Å². The van der Waals surface area contributed by atoms with Gasteiger partial charge in [-0.3, -0.25) is 0 Å². The Balaban J connectivity index is 3.11. The molecule has 0 N–H and O–H groups in total. The summed E-state index contributed by atoms with van der Waals surface area (Å²) in [4.78, 5) is 2.09. The molecule has 17 heavy (non-hydrogen) atoms. The highest BCUT2D eigenvalue weighted by atomic mass is 16.5. The number of likely N-dealkylation sites (N-methyl/N-ethyl adjacent to an activating group) is 1. The minimum Gasteiger partial charge on any atom is -0.379 e. The van der Waals surface area contributed by atoms with Crippen LogP contribution in [0.5, 0.6) is 0 Å². The van der Waals surface area contributed by atoms with E-state index in [1.807, 2.05) is 14.0 Å². The molecular formula is C14H29NO2. The normalized spacial score (nSPS) is 10.9. The summed E-state index contributed by atoms with van der Waals surface area (Å²) >= 11 is 0. The molecule has 0 bridgehead atoms. The molecule has 3 heteroatoms. The Morgan fingerprint density at radius 2 is 1.71 bits per heavy atom. The van der Waals surface area contributed by atoms with E-state index in [1.165, 1.54) is 6.42 Å². The molecule has 0 saturated carbocycles. The van der Waals surface area contributed by atoms with E-state index in [2.05, 4.69) is 25.3 Å². The van der Waals surface area contributed by atoms with Crippen LogP contribution in [0.25, 0.3) is 0 Å². The molecule has 0 aliphatic heterocycles. The maximum atomic E-state index is 5.48. The summed E-state index contributed by atoms with van der Waals surface area (Å²) in [6.07, 6.45) is 2.39. The summed E-state index contributed by atoms with van der Waals surface area (Å²) in [5, 5.41) is 0. The number of hydrogen-bond donors (Lipinski definition) is 0. The fraction of sp³-hybridized carbons (Fsp3) is 0.857. The molecule has 0 saturated heterocycles. The van der Waals surface area contributed by atoms with Crippen molar-refractivity contribution < 1.29 is 9.47 Å². The molecule has 0 spiro atoms. The van der Waals surface area contributed by atoms with Crippen molar-refractivity contribution in [2.24, 2.45) is 5.92 Å². The van der Waals surface area contributed by atoms with Crippen LogP contribution in [0.15, 0.2) is 12.3 Å². The van der Waals surface area contributed by atoms with Crippen LogP contribution >= 0.6 is 0 Å². The number of allylic oxidation sites excluding steroid dienone is 1. The lowest BCUT2D eigenvalue weighted by Crippen LogP contribution is -2.21. The summed E-state index contributed by atoms with van der Waals surface area (Å²) in [5.74, 6) is 0.771. The molecule has 0 rings (SSSR count). The van der Waals surface area contributed by atoms with Gasteiger partial charge in [0.05, 0.1) is 19.8 Å². The first-order chi connectivity index (χ1) is 8.04. The van der Waals surface area contributed by atoms with E-state index < -0.39 is 0 Å². The fourth-order valence-electron chi connectivity index (χ4n) is 1.31. The predicted octanol–water partition coefficient (Wildman–Crippen LogP) is 2.92. The van der Waals surface area contributed by atoms with Crippen molar-refractivity contribution >= 4 is 0 Å². The van der Waals surface area contributed by atoms with Gasteiger partial charge in [-0.05, 0) is 25.7 Å². The fourth-order valence-corrected chi connectivity index (χ4v) is 1.31. The van der Waals surface area contributed by atoms with Gasteiger partial charge in [-0.1, -0.05) is 20.4 Å². The summed E-state index contributed by atoms with van der Waals surface area (Å²) < 4.78 is 11.0. The van der Waals surface area contributed by atoms with Crippen LogP contribution in [0.3, 0.4) is 0 Å². The van der Waals surface area contributed by atoms with Crippen molar-refractivity contribution in [3.8, 4) is 0 Å². The lowest BCUT2D eigenvalue weighted by Gasteiger charge is -2.18. The molecule has 0 amide bonds. The van der Waals surface area contributed by atoms with Gasteiger partial charge in [0, 0.05) is 25.9 Å². The number of rotatable bonds is 11. The van der Waals surface area contributed by atoms with Crippen LogP contribution in [-0.4, -0.2) is 44.9 Å². The number of nitrogens with zero attached hydrogens (tertiary/aromatic N) is 1. The third-order valence-electron chi connectivity index (χ3n) is 2.66. The largest absolute Gasteiger partial charge is 0.379 e. The Morgan fingerprint density at radius 3 is 2.24 bits per heavy atom. The van der Waals surface area contributed by atoms with Crippen molar-refractivity contribution in [2.75, 3.05) is 40.0 Å². The lowest BCUT2D eigenvalue weighted by atomic mass is 10.1. The maximum Gasteiger partial charge on any atom is 0.0701 e. The minimum absolute atomic E-state index is 0.686. The molecule has 0 radical (unpaired) electrons. The Morgan fingerprint density at radius 1 is 1.12 bits per heavy atom. The molecule has 0 atom stereocenters. The number of ether oxygens (including phenoxy) is 2. The van der Waals surface area contributed by atoms with Gasteiger partial charge in [0.25, 0.3) is 0 Å². The van der Waals surface area contributed by atoms with E-state index in [0.29, 0.717) is 13.2 Å². The standard InChI is InChI=1S/C14H29NO2/c1-13(2)7-6-9-16-11-12-17-10-8-15(5)14(3)4/h13H,3,6-12H2,1-2,4-5H3. The molecular weight excluding hydrogens is 214 g/mol. The molecule has 0 aromatic heterocycles. The Bertz CT molecular complexity index is 193. The predicted molar refractivity (Wildman–Crippen MR) is 73.2 cm³/mol.